The quantitative estimate of drug-likeness (QED) is 0.460. The summed E-state index contributed by atoms with van der Waals surface area (Å²) >= 11 is 0. The Morgan fingerprint density at radius 3 is 2.19 bits per heavy atom. The van der Waals surface area contributed by atoms with E-state index >= 15 is 0 Å². The lowest BCUT2D eigenvalue weighted by atomic mass is 9.84. The monoisotopic (exact) mass is 351 g/mol. The summed E-state index contributed by atoms with van der Waals surface area (Å²) in [6.07, 6.45) is 1.33. The summed E-state index contributed by atoms with van der Waals surface area (Å²) in [4.78, 5) is 12.6. The molecule has 0 radical (unpaired) electrons. The van der Waals surface area contributed by atoms with Crippen molar-refractivity contribution >= 4 is 27.8 Å². The van der Waals surface area contributed by atoms with Crippen LogP contribution in [0.1, 0.15) is 39.7 Å². The van der Waals surface area contributed by atoms with Crippen molar-refractivity contribution in [3.63, 3.8) is 0 Å². The molecule has 1 aliphatic rings. The molecule has 1 aliphatic heterocycles. The van der Waals surface area contributed by atoms with Crippen LogP contribution in [-0.2, 0) is 14.3 Å². The second kappa shape index (κ2) is 6.44. The minimum absolute atomic E-state index is 0.181. The molecule has 0 saturated carbocycles. The predicted octanol–water partition coefficient (Wildman–Crippen LogP) is 5.06. The first kappa shape index (κ1) is 17.1. The molecule has 0 aliphatic carbocycles. The molecule has 2 unspecified atom stereocenters. The minimum atomic E-state index is -0.570. The lowest BCUT2D eigenvalue weighted by Crippen LogP contribution is -2.30. The zero-order valence-electron chi connectivity index (χ0n) is 15.6. The average Bonchev–Trinajstić information content (AvgIpc) is 3.39. The third kappa shape index (κ3) is 2.99. The number of para-hydroxylation sites is 2. The third-order valence-corrected chi connectivity index (χ3v) is 5.29. The Morgan fingerprint density at radius 2 is 1.69 bits per heavy atom. The normalized spacial score (nSPS) is 18.2. The Morgan fingerprint density at radius 1 is 1.15 bits per heavy atom. The number of epoxide rings is 1. The van der Waals surface area contributed by atoms with E-state index in [1.807, 2.05) is 13.8 Å². The van der Waals surface area contributed by atoms with E-state index in [0.29, 0.717) is 6.61 Å². The van der Waals surface area contributed by atoms with Gasteiger partial charge in [-0.15, -0.1) is 0 Å². The van der Waals surface area contributed by atoms with Crippen LogP contribution in [-0.4, -0.2) is 23.4 Å². The van der Waals surface area contributed by atoms with Crippen LogP contribution < -0.4 is 0 Å². The lowest BCUT2D eigenvalue weighted by molar-refractivity contribution is -0.159. The van der Waals surface area contributed by atoms with E-state index in [1.54, 1.807) is 0 Å². The highest BCUT2D eigenvalue weighted by atomic mass is 16.8. The predicted molar refractivity (Wildman–Crippen MR) is 103 cm³/mol. The molecule has 0 bridgehead atoms. The Bertz CT molecular complexity index is 899. The van der Waals surface area contributed by atoms with Gasteiger partial charge < -0.3 is 14.0 Å². The van der Waals surface area contributed by atoms with Crippen LogP contribution in [0.4, 0.5) is 0 Å². The molecule has 2 heterocycles. The van der Waals surface area contributed by atoms with E-state index in [9.17, 15) is 4.79 Å². The van der Waals surface area contributed by atoms with Gasteiger partial charge in [-0.25, -0.2) is 0 Å². The first-order chi connectivity index (χ1) is 12.5. The zero-order valence-corrected chi connectivity index (χ0v) is 15.6. The van der Waals surface area contributed by atoms with Gasteiger partial charge in [-0.1, -0.05) is 43.3 Å². The Balaban J connectivity index is 1.75. The van der Waals surface area contributed by atoms with Crippen molar-refractivity contribution in [2.45, 2.75) is 45.9 Å². The molecule has 2 atom stereocenters. The summed E-state index contributed by atoms with van der Waals surface area (Å²) in [5.74, 6) is -0.181. The van der Waals surface area contributed by atoms with Crippen molar-refractivity contribution in [3.8, 4) is 0 Å². The molecule has 1 saturated heterocycles. The molecule has 4 heteroatoms. The number of esters is 1. The molecule has 0 N–H and O–H groups in total. The van der Waals surface area contributed by atoms with E-state index in [-0.39, 0.29) is 18.3 Å². The zero-order chi connectivity index (χ0) is 18.3. The highest BCUT2D eigenvalue weighted by Gasteiger charge is 2.38. The second-order valence-corrected chi connectivity index (χ2v) is 7.72. The number of fused-ring (bicyclic) bond motifs is 3. The molecule has 1 aromatic heterocycles. The van der Waals surface area contributed by atoms with Crippen LogP contribution in [0.5, 0.6) is 0 Å². The van der Waals surface area contributed by atoms with Gasteiger partial charge in [0.2, 0.25) is 6.29 Å². The van der Waals surface area contributed by atoms with Crippen molar-refractivity contribution in [2.24, 2.45) is 5.41 Å². The van der Waals surface area contributed by atoms with Gasteiger partial charge in [0.25, 0.3) is 0 Å². The number of nitrogens with zero attached hydrogens (tertiary/aromatic N) is 1. The first-order valence-corrected chi connectivity index (χ1v) is 9.31. The maximum Gasteiger partial charge on any atom is 0.313 e. The van der Waals surface area contributed by atoms with Gasteiger partial charge >= 0.3 is 5.97 Å². The van der Waals surface area contributed by atoms with Crippen molar-refractivity contribution in [3.05, 3.63) is 48.5 Å². The van der Waals surface area contributed by atoms with Gasteiger partial charge in [0.15, 0.2) is 0 Å². The summed E-state index contributed by atoms with van der Waals surface area (Å²) in [5.41, 5.74) is 1.87. The fourth-order valence-electron chi connectivity index (χ4n) is 3.82. The van der Waals surface area contributed by atoms with Crippen LogP contribution in [0.3, 0.4) is 0 Å². The van der Waals surface area contributed by atoms with Gasteiger partial charge in [-0.05, 0) is 38.8 Å². The lowest BCUT2D eigenvalue weighted by Gasteiger charge is -2.29. The Kier molecular flexibility index (Phi) is 4.23. The van der Waals surface area contributed by atoms with E-state index in [4.69, 9.17) is 9.47 Å². The maximum atomic E-state index is 12.6. The number of carbonyl (C=O) groups excluding carboxylic acids is 1. The number of aromatic nitrogens is 1. The summed E-state index contributed by atoms with van der Waals surface area (Å²) < 4.78 is 12.8. The van der Waals surface area contributed by atoms with Crippen LogP contribution >= 0.6 is 0 Å². The Labute approximate surface area is 153 Å². The first-order valence-electron chi connectivity index (χ1n) is 9.31. The number of rotatable bonds is 6. The highest BCUT2D eigenvalue weighted by molar-refractivity contribution is 6.08. The molecule has 136 valence electrons. The van der Waals surface area contributed by atoms with Gasteiger partial charge in [0.05, 0.1) is 5.41 Å². The molecule has 4 nitrogen and oxygen atoms in total. The fraction of sp³-hybridized carbons (Fsp3) is 0.409. The van der Waals surface area contributed by atoms with Gasteiger partial charge in [0.1, 0.15) is 6.61 Å². The number of hydrogen-bond donors (Lipinski definition) is 0. The van der Waals surface area contributed by atoms with E-state index in [0.717, 1.165) is 12.8 Å². The molecule has 3 aromatic rings. The molecule has 0 amide bonds. The van der Waals surface area contributed by atoms with Crippen molar-refractivity contribution < 1.29 is 14.3 Å². The summed E-state index contributed by atoms with van der Waals surface area (Å²) in [5, 5.41) is 2.52. The van der Waals surface area contributed by atoms with Crippen LogP contribution in [0.25, 0.3) is 21.8 Å². The number of ether oxygens (including phenoxy) is 2. The molecule has 4 rings (SSSR count). The van der Waals surface area contributed by atoms with Gasteiger partial charge in [-0.3, -0.25) is 4.79 Å². The molecular formula is C22H25NO3. The topological polar surface area (TPSA) is 43.8 Å². The smallest absolute Gasteiger partial charge is 0.313 e. The van der Waals surface area contributed by atoms with E-state index in [2.05, 4.69) is 60.0 Å². The number of carbonyl (C=O) groups is 1. The highest BCUT2D eigenvalue weighted by Crippen LogP contribution is 2.38. The standard InChI is InChI=1S/C22H25NO3/c1-4-15(13-22(2,3)21(24)26-20-14-25-20)23-18-11-7-5-9-16(18)17-10-6-8-12-19(17)23/h5-12,15,20H,4,13-14H2,1-3H3. The summed E-state index contributed by atoms with van der Waals surface area (Å²) in [7, 11) is 0. The number of hydrogen-bond acceptors (Lipinski definition) is 3. The molecule has 0 spiro atoms. The second-order valence-electron chi connectivity index (χ2n) is 7.72. The average molecular weight is 351 g/mol. The van der Waals surface area contributed by atoms with Crippen LogP contribution in [0.15, 0.2) is 48.5 Å². The summed E-state index contributed by atoms with van der Waals surface area (Å²) in [6, 6.07) is 17.2. The van der Waals surface area contributed by atoms with Crippen molar-refractivity contribution in [1.29, 1.82) is 0 Å². The minimum Gasteiger partial charge on any atom is -0.433 e. The maximum absolute atomic E-state index is 12.6. The van der Waals surface area contributed by atoms with Crippen LogP contribution in [0.2, 0.25) is 0 Å². The molecule has 26 heavy (non-hydrogen) atoms. The fourth-order valence-corrected chi connectivity index (χ4v) is 3.82. The third-order valence-electron chi connectivity index (χ3n) is 5.29. The molecule has 2 aromatic carbocycles. The molecular weight excluding hydrogens is 326 g/mol. The van der Waals surface area contributed by atoms with Crippen molar-refractivity contribution in [1.82, 2.24) is 4.57 Å². The summed E-state index contributed by atoms with van der Waals surface area (Å²) in [6.45, 7) is 6.63. The number of benzene rings is 2. The van der Waals surface area contributed by atoms with Gasteiger partial charge in [0, 0.05) is 27.8 Å². The van der Waals surface area contributed by atoms with Gasteiger partial charge in [-0.2, -0.15) is 0 Å². The van der Waals surface area contributed by atoms with E-state index < -0.39 is 5.41 Å². The van der Waals surface area contributed by atoms with Crippen LogP contribution in [0, 0.1) is 5.41 Å². The van der Waals surface area contributed by atoms with E-state index in [1.165, 1.54) is 21.8 Å². The Hall–Kier alpha value is -2.33. The van der Waals surface area contributed by atoms with Crippen molar-refractivity contribution in [2.75, 3.05) is 6.61 Å². The largest absolute Gasteiger partial charge is 0.433 e. The molecule has 1 fully saturated rings. The SMILES string of the molecule is CCC(CC(C)(C)C(=O)OC1CO1)n1c2ccccc2c2ccccc21.